The molecule has 0 atom stereocenters. The van der Waals surface area contributed by atoms with E-state index in [2.05, 4.69) is 34.8 Å². The third-order valence-corrected chi connectivity index (χ3v) is 2.47. The molecule has 0 amide bonds. The topological polar surface area (TPSA) is 56.0 Å². The fourth-order valence-corrected chi connectivity index (χ4v) is 1.19. The normalized spacial score (nSPS) is 10.0. The van der Waals surface area contributed by atoms with Gasteiger partial charge in [0.25, 0.3) is 0 Å². The molecule has 16 heavy (non-hydrogen) atoms. The van der Waals surface area contributed by atoms with Crippen LogP contribution in [0.3, 0.4) is 0 Å². The third-order valence-electron chi connectivity index (χ3n) is 2.47. The van der Waals surface area contributed by atoms with Crippen LogP contribution in [0.4, 0.5) is 11.6 Å². The smallest absolute Gasteiger partial charge is 0.134 e. The second kappa shape index (κ2) is 5.31. The molecular weight excluding hydrogens is 202 g/mol. The Balaban J connectivity index is 2.91. The molecule has 1 aromatic heterocycles. The van der Waals surface area contributed by atoms with Gasteiger partial charge in [0, 0.05) is 26.2 Å². The summed E-state index contributed by atoms with van der Waals surface area (Å²) in [6, 6.07) is 4.35. The predicted molar refractivity (Wildman–Crippen MR) is 64.5 cm³/mol. The Morgan fingerprint density at radius 1 is 1.31 bits per heavy atom. The monoisotopic (exact) mass is 219 g/mol. The minimum Gasteiger partial charge on any atom is -0.357 e. The van der Waals surface area contributed by atoms with Crippen molar-refractivity contribution >= 4 is 11.6 Å². The van der Waals surface area contributed by atoms with E-state index in [-0.39, 0.29) is 0 Å². The van der Waals surface area contributed by atoms with E-state index in [1.165, 1.54) is 6.33 Å². The quantitative estimate of drug-likeness (QED) is 0.714. The van der Waals surface area contributed by atoms with Crippen molar-refractivity contribution in [1.82, 2.24) is 9.97 Å². The maximum Gasteiger partial charge on any atom is 0.134 e. The van der Waals surface area contributed by atoms with Crippen molar-refractivity contribution in [2.75, 3.05) is 30.4 Å². The van der Waals surface area contributed by atoms with Gasteiger partial charge in [0.05, 0.1) is 6.07 Å². The van der Waals surface area contributed by atoms with Crippen molar-refractivity contribution in [2.24, 2.45) is 0 Å². The first-order valence-corrected chi connectivity index (χ1v) is 5.19. The summed E-state index contributed by atoms with van der Waals surface area (Å²) in [6.45, 7) is 4.52. The fourth-order valence-electron chi connectivity index (χ4n) is 1.19. The standard InChI is InChI=1S/C11H17N5/c1-9(2)16(4)11-7-10(13-8-14-11)15(3)6-5-12/h7-9H,6H2,1-4H3. The van der Waals surface area contributed by atoms with Crippen molar-refractivity contribution in [3.8, 4) is 6.07 Å². The highest BCUT2D eigenvalue weighted by molar-refractivity contribution is 5.50. The largest absolute Gasteiger partial charge is 0.357 e. The molecule has 0 aliphatic carbocycles. The fraction of sp³-hybridized carbons (Fsp3) is 0.545. The third kappa shape index (κ3) is 2.83. The van der Waals surface area contributed by atoms with Crippen LogP contribution in [0.5, 0.6) is 0 Å². The van der Waals surface area contributed by atoms with E-state index in [0.717, 1.165) is 11.6 Å². The van der Waals surface area contributed by atoms with Crippen LogP contribution in [0.1, 0.15) is 13.8 Å². The average Bonchev–Trinajstić information content (AvgIpc) is 2.28. The zero-order valence-electron chi connectivity index (χ0n) is 10.2. The van der Waals surface area contributed by atoms with E-state index in [4.69, 9.17) is 5.26 Å². The maximum atomic E-state index is 8.62. The first-order valence-electron chi connectivity index (χ1n) is 5.19. The van der Waals surface area contributed by atoms with Gasteiger partial charge < -0.3 is 9.80 Å². The Bertz CT molecular complexity index is 382. The highest BCUT2D eigenvalue weighted by Gasteiger charge is 2.09. The van der Waals surface area contributed by atoms with E-state index in [0.29, 0.717) is 12.6 Å². The van der Waals surface area contributed by atoms with Gasteiger partial charge >= 0.3 is 0 Å². The van der Waals surface area contributed by atoms with E-state index in [1.807, 2.05) is 20.2 Å². The number of rotatable bonds is 4. The molecule has 0 spiro atoms. The van der Waals surface area contributed by atoms with Crippen LogP contribution in [0, 0.1) is 11.3 Å². The molecule has 5 nitrogen and oxygen atoms in total. The van der Waals surface area contributed by atoms with E-state index < -0.39 is 0 Å². The summed E-state index contributed by atoms with van der Waals surface area (Å²) in [5, 5.41) is 8.62. The number of hydrogen-bond donors (Lipinski definition) is 0. The first kappa shape index (κ1) is 12.2. The molecule has 0 N–H and O–H groups in total. The van der Waals surface area contributed by atoms with Crippen molar-refractivity contribution < 1.29 is 0 Å². The molecule has 1 heterocycles. The summed E-state index contributed by atoms with van der Waals surface area (Å²) < 4.78 is 0. The Labute approximate surface area is 96.3 Å². The summed E-state index contributed by atoms with van der Waals surface area (Å²) in [4.78, 5) is 12.2. The number of anilines is 2. The summed E-state index contributed by atoms with van der Waals surface area (Å²) in [7, 11) is 3.83. The Kier molecular flexibility index (Phi) is 4.06. The molecule has 0 saturated heterocycles. The number of aromatic nitrogens is 2. The van der Waals surface area contributed by atoms with Crippen LogP contribution in [-0.2, 0) is 0 Å². The molecule has 0 aliphatic rings. The molecule has 0 radical (unpaired) electrons. The van der Waals surface area contributed by atoms with E-state index in [9.17, 15) is 0 Å². The summed E-state index contributed by atoms with van der Waals surface area (Å²) in [5.74, 6) is 1.63. The Morgan fingerprint density at radius 3 is 2.50 bits per heavy atom. The molecule has 1 aromatic rings. The highest BCUT2D eigenvalue weighted by Crippen LogP contribution is 2.16. The van der Waals surface area contributed by atoms with Gasteiger partial charge in [0.2, 0.25) is 0 Å². The van der Waals surface area contributed by atoms with Crippen molar-refractivity contribution in [3.63, 3.8) is 0 Å². The molecule has 1 rings (SSSR count). The van der Waals surface area contributed by atoms with Gasteiger partial charge in [-0.25, -0.2) is 9.97 Å². The predicted octanol–water partition coefficient (Wildman–Crippen LogP) is 1.28. The van der Waals surface area contributed by atoms with Crippen LogP contribution < -0.4 is 9.80 Å². The van der Waals surface area contributed by atoms with Gasteiger partial charge in [-0.15, -0.1) is 0 Å². The Hall–Kier alpha value is -1.83. The molecule has 0 unspecified atom stereocenters. The van der Waals surface area contributed by atoms with Crippen molar-refractivity contribution in [2.45, 2.75) is 19.9 Å². The summed E-state index contributed by atoms with van der Waals surface area (Å²) in [5.41, 5.74) is 0. The Morgan fingerprint density at radius 2 is 1.94 bits per heavy atom. The lowest BCUT2D eigenvalue weighted by Crippen LogP contribution is -2.27. The van der Waals surface area contributed by atoms with Crippen LogP contribution in [0.25, 0.3) is 0 Å². The SMILES string of the molecule is CC(C)N(C)c1cc(N(C)CC#N)ncn1. The lowest BCUT2D eigenvalue weighted by atomic mass is 10.3. The molecule has 86 valence electrons. The second-order valence-electron chi connectivity index (χ2n) is 3.95. The summed E-state index contributed by atoms with van der Waals surface area (Å²) in [6.07, 6.45) is 1.53. The van der Waals surface area contributed by atoms with Gasteiger partial charge in [-0.1, -0.05) is 0 Å². The van der Waals surface area contributed by atoms with Gasteiger partial charge in [-0.3, -0.25) is 0 Å². The first-order chi connectivity index (χ1) is 7.56. The minimum atomic E-state index is 0.321. The summed E-state index contributed by atoms with van der Waals surface area (Å²) >= 11 is 0. The molecule has 0 fully saturated rings. The number of nitrogens with zero attached hydrogens (tertiary/aromatic N) is 5. The molecular formula is C11H17N5. The van der Waals surface area contributed by atoms with Gasteiger partial charge in [-0.2, -0.15) is 5.26 Å². The zero-order valence-corrected chi connectivity index (χ0v) is 10.2. The number of nitriles is 1. The van der Waals surface area contributed by atoms with E-state index in [1.54, 1.807) is 4.90 Å². The van der Waals surface area contributed by atoms with Crippen LogP contribution >= 0.6 is 0 Å². The molecule has 5 heteroatoms. The average molecular weight is 219 g/mol. The lowest BCUT2D eigenvalue weighted by Gasteiger charge is -2.23. The van der Waals surface area contributed by atoms with Gasteiger partial charge in [0.15, 0.2) is 0 Å². The maximum absolute atomic E-state index is 8.62. The number of hydrogen-bond acceptors (Lipinski definition) is 5. The second-order valence-corrected chi connectivity index (χ2v) is 3.95. The van der Waals surface area contributed by atoms with Crippen LogP contribution in [0.2, 0.25) is 0 Å². The van der Waals surface area contributed by atoms with Gasteiger partial charge in [0.1, 0.15) is 24.5 Å². The molecule has 0 saturated carbocycles. The van der Waals surface area contributed by atoms with Crippen molar-refractivity contribution in [1.29, 1.82) is 5.26 Å². The zero-order chi connectivity index (χ0) is 12.1. The van der Waals surface area contributed by atoms with Crippen LogP contribution in [-0.4, -0.2) is 36.6 Å². The molecule has 0 aromatic carbocycles. The van der Waals surface area contributed by atoms with Gasteiger partial charge in [-0.05, 0) is 13.8 Å². The van der Waals surface area contributed by atoms with E-state index >= 15 is 0 Å². The van der Waals surface area contributed by atoms with Crippen LogP contribution in [0.15, 0.2) is 12.4 Å². The minimum absolute atomic E-state index is 0.321. The molecule has 0 bridgehead atoms. The van der Waals surface area contributed by atoms with Crippen molar-refractivity contribution in [3.05, 3.63) is 12.4 Å². The lowest BCUT2D eigenvalue weighted by molar-refractivity contribution is 0.740. The molecule has 0 aliphatic heterocycles. The highest BCUT2D eigenvalue weighted by atomic mass is 15.2.